The Labute approximate surface area is 108 Å². The first kappa shape index (κ1) is 12.9. The average molecular weight is 247 g/mol. The molecular formula is C15H21NO2. The summed E-state index contributed by atoms with van der Waals surface area (Å²) in [4.78, 5) is 13.1. The first-order chi connectivity index (χ1) is 8.66. The van der Waals surface area contributed by atoms with Crippen molar-refractivity contribution in [1.29, 1.82) is 0 Å². The minimum atomic E-state index is -0.690. The molecule has 18 heavy (non-hydrogen) atoms. The van der Waals surface area contributed by atoms with Gasteiger partial charge in [0, 0.05) is 24.7 Å². The smallest absolute Gasteiger partial charge is 0.303 e. The molecule has 1 N–H and O–H groups in total. The summed E-state index contributed by atoms with van der Waals surface area (Å²) in [7, 11) is 0. The predicted octanol–water partition coefficient (Wildman–Crippen LogP) is 3.22. The third-order valence-electron chi connectivity index (χ3n) is 3.65. The molecule has 2 rings (SSSR count). The van der Waals surface area contributed by atoms with Gasteiger partial charge < -0.3 is 10.0 Å². The molecule has 0 bridgehead atoms. The zero-order valence-corrected chi connectivity index (χ0v) is 10.9. The molecule has 98 valence electrons. The number of benzene rings is 1. The molecule has 0 radical (unpaired) electrons. The van der Waals surface area contributed by atoms with Gasteiger partial charge in [-0.1, -0.05) is 12.1 Å². The molecule has 3 nitrogen and oxygen atoms in total. The highest BCUT2D eigenvalue weighted by molar-refractivity contribution is 5.66. The number of rotatable bonds is 4. The highest BCUT2D eigenvalue weighted by Gasteiger charge is 2.23. The van der Waals surface area contributed by atoms with E-state index in [0.29, 0.717) is 6.04 Å². The summed E-state index contributed by atoms with van der Waals surface area (Å²) < 4.78 is 0. The second-order valence-electron chi connectivity index (χ2n) is 5.11. The first-order valence-corrected chi connectivity index (χ1v) is 6.72. The van der Waals surface area contributed by atoms with Gasteiger partial charge in [0.15, 0.2) is 0 Å². The lowest BCUT2D eigenvalue weighted by atomic mass is 9.97. The number of piperidine rings is 1. The molecule has 0 aromatic heterocycles. The van der Waals surface area contributed by atoms with Gasteiger partial charge in [0.1, 0.15) is 0 Å². The molecule has 1 aromatic carbocycles. The van der Waals surface area contributed by atoms with Gasteiger partial charge in [-0.3, -0.25) is 4.79 Å². The molecule has 1 aliphatic rings. The van der Waals surface area contributed by atoms with Crippen LogP contribution < -0.4 is 4.90 Å². The standard InChI is InChI=1S/C15H21NO2/c1-12-5-4-7-14(11-12)16-10-3-2-6-13(16)8-9-15(17)18/h4-5,7,11,13H,2-3,6,8-10H2,1H3,(H,17,18). The summed E-state index contributed by atoms with van der Waals surface area (Å²) in [5.74, 6) is -0.690. The molecule has 1 saturated heterocycles. The van der Waals surface area contributed by atoms with Gasteiger partial charge in [-0.15, -0.1) is 0 Å². The Kier molecular flexibility index (Phi) is 4.24. The summed E-state index contributed by atoms with van der Waals surface area (Å²) in [6, 6.07) is 8.88. The fourth-order valence-electron chi connectivity index (χ4n) is 2.74. The molecule has 1 unspecified atom stereocenters. The number of hydrogen-bond donors (Lipinski definition) is 1. The summed E-state index contributed by atoms with van der Waals surface area (Å²) in [5.41, 5.74) is 2.50. The van der Waals surface area contributed by atoms with E-state index in [0.717, 1.165) is 19.4 Å². The molecule has 0 aliphatic carbocycles. The van der Waals surface area contributed by atoms with Crippen LogP contribution in [0.5, 0.6) is 0 Å². The van der Waals surface area contributed by atoms with Crippen LogP contribution in [0.4, 0.5) is 5.69 Å². The van der Waals surface area contributed by atoms with Crippen LogP contribution in [0.2, 0.25) is 0 Å². The molecule has 3 heteroatoms. The third kappa shape index (κ3) is 3.25. The van der Waals surface area contributed by atoms with Crippen molar-refractivity contribution < 1.29 is 9.90 Å². The lowest BCUT2D eigenvalue weighted by molar-refractivity contribution is -0.137. The quantitative estimate of drug-likeness (QED) is 0.888. The molecule has 1 heterocycles. The number of aliphatic carboxylic acids is 1. The number of anilines is 1. The second kappa shape index (κ2) is 5.89. The molecule has 1 fully saturated rings. The van der Waals surface area contributed by atoms with E-state index in [4.69, 9.17) is 5.11 Å². The number of carbonyl (C=O) groups is 1. The van der Waals surface area contributed by atoms with Crippen molar-refractivity contribution in [3.05, 3.63) is 29.8 Å². The molecule has 0 amide bonds. The van der Waals surface area contributed by atoms with E-state index in [2.05, 4.69) is 36.1 Å². The van der Waals surface area contributed by atoms with Gasteiger partial charge >= 0.3 is 5.97 Å². The molecule has 1 aromatic rings. The van der Waals surface area contributed by atoms with Crippen LogP contribution in [-0.2, 0) is 4.79 Å². The normalized spacial score (nSPS) is 19.8. The Hall–Kier alpha value is -1.51. The van der Waals surface area contributed by atoms with Crippen LogP contribution in [0.25, 0.3) is 0 Å². The summed E-state index contributed by atoms with van der Waals surface area (Å²) in [6.07, 6.45) is 4.56. The van der Waals surface area contributed by atoms with Gasteiger partial charge in [0.2, 0.25) is 0 Å². The van der Waals surface area contributed by atoms with Crippen molar-refractivity contribution in [2.75, 3.05) is 11.4 Å². The molecule has 1 aliphatic heterocycles. The fourth-order valence-corrected chi connectivity index (χ4v) is 2.74. The van der Waals surface area contributed by atoms with Crippen LogP contribution in [0.15, 0.2) is 24.3 Å². The van der Waals surface area contributed by atoms with Crippen molar-refractivity contribution in [1.82, 2.24) is 0 Å². The van der Waals surface area contributed by atoms with Gasteiger partial charge in [-0.2, -0.15) is 0 Å². The monoisotopic (exact) mass is 247 g/mol. The van der Waals surface area contributed by atoms with Gasteiger partial charge in [0.25, 0.3) is 0 Å². The number of nitrogens with zero attached hydrogens (tertiary/aromatic N) is 1. The number of carboxylic acid groups (broad SMARTS) is 1. The van der Waals surface area contributed by atoms with E-state index >= 15 is 0 Å². The van der Waals surface area contributed by atoms with Crippen molar-refractivity contribution in [3.63, 3.8) is 0 Å². The van der Waals surface area contributed by atoms with E-state index in [-0.39, 0.29) is 6.42 Å². The Balaban J connectivity index is 2.09. The topological polar surface area (TPSA) is 40.5 Å². The van der Waals surface area contributed by atoms with Crippen molar-refractivity contribution in [2.24, 2.45) is 0 Å². The Bertz CT molecular complexity index is 417. The van der Waals surface area contributed by atoms with Crippen LogP contribution in [0.3, 0.4) is 0 Å². The fraction of sp³-hybridized carbons (Fsp3) is 0.533. The van der Waals surface area contributed by atoms with Crippen molar-refractivity contribution in [3.8, 4) is 0 Å². The van der Waals surface area contributed by atoms with Crippen LogP contribution >= 0.6 is 0 Å². The Morgan fingerprint density at radius 1 is 1.44 bits per heavy atom. The van der Waals surface area contributed by atoms with E-state index in [1.807, 2.05) is 0 Å². The van der Waals surface area contributed by atoms with E-state index < -0.39 is 5.97 Å². The number of aryl methyl sites for hydroxylation is 1. The van der Waals surface area contributed by atoms with Gasteiger partial charge in [0.05, 0.1) is 0 Å². The van der Waals surface area contributed by atoms with E-state index in [9.17, 15) is 4.79 Å². The lowest BCUT2D eigenvalue weighted by Gasteiger charge is -2.37. The largest absolute Gasteiger partial charge is 0.481 e. The molecule has 1 atom stereocenters. The lowest BCUT2D eigenvalue weighted by Crippen LogP contribution is -2.39. The van der Waals surface area contributed by atoms with Crippen LogP contribution in [0, 0.1) is 6.92 Å². The van der Waals surface area contributed by atoms with Crippen molar-refractivity contribution >= 4 is 11.7 Å². The van der Waals surface area contributed by atoms with Crippen LogP contribution in [0.1, 0.15) is 37.7 Å². The zero-order chi connectivity index (χ0) is 13.0. The highest BCUT2D eigenvalue weighted by Crippen LogP contribution is 2.27. The molecular weight excluding hydrogens is 226 g/mol. The molecule has 0 saturated carbocycles. The second-order valence-corrected chi connectivity index (χ2v) is 5.11. The minimum Gasteiger partial charge on any atom is -0.481 e. The predicted molar refractivity (Wildman–Crippen MR) is 73.0 cm³/mol. The maximum Gasteiger partial charge on any atom is 0.303 e. The number of hydrogen-bond acceptors (Lipinski definition) is 2. The van der Waals surface area contributed by atoms with Crippen LogP contribution in [-0.4, -0.2) is 23.7 Å². The maximum atomic E-state index is 10.7. The molecule has 0 spiro atoms. The highest BCUT2D eigenvalue weighted by atomic mass is 16.4. The maximum absolute atomic E-state index is 10.7. The number of carboxylic acids is 1. The Morgan fingerprint density at radius 2 is 2.28 bits per heavy atom. The third-order valence-corrected chi connectivity index (χ3v) is 3.65. The average Bonchev–Trinajstić information content (AvgIpc) is 2.36. The summed E-state index contributed by atoms with van der Waals surface area (Å²) in [6.45, 7) is 3.15. The zero-order valence-electron chi connectivity index (χ0n) is 10.9. The summed E-state index contributed by atoms with van der Waals surface area (Å²) >= 11 is 0. The minimum absolute atomic E-state index is 0.271. The van der Waals surface area contributed by atoms with E-state index in [1.54, 1.807) is 0 Å². The van der Waals surface area contributed by atoms with Crippen molar-refractivity contribution in [2.45, 2.75) is 45.1 Å². The summed E-state index contributed by atoms with van der Waals surface area (Å²) in [5, 5.41) is 8.83. The van der Waals surface area contributed by atoms with Gasteiger partial charge in [-0.25, -0.2) is 0 Å². The Morgan fingerprint density at radius 3 is 3.00 bits per heavy atom. The van der Waals surface area contributed by atoms with Gasteiger partial charge in [-0.05, 0) is 50.3 Å². The first-order valence-electron chi connectivity index (χ1n) is 6.72. The van der Waals surface area contributed by atoms with E-state index in [1.165, 1.54) is 24.1 Å². The SMILES string of the molecule is Cc1cccc(N2CCCCC2CCC(=O)O)c1.